The van der Waals surface area contributed by atoms with Gasteiger partial charge in [-0.25, -0.2) is 18.3 Å². The number of aromatic nitrogens is 2. The number of hydrogen-bond donors (Lipinski definition) is 1. The van der Waals surface area contributed by atoms with Crippen LogP contribution in [-0.2, 0) is 11.3 Å². The Hall–Kier alpha value is -3.59. The molecule has 1 amide bonds. The van der Waals surface area contributed by atoms with Crippen LogP contribution in [0, 0.1) is 17.6 Å². The molecule has 0 spiro atoms. The molecule has 9 heteroatoms. The molecule has 1 aliphatic heterocycles. The number of carbonyl (C=O) groups excluding carboxylic acids is 1. The molecule has 3 aromatic rings. The zero-order valence-corrected chi connectivity index (χ0v) is 18.8. The molecule has 1 saturated heterocycles. The molecule has 0 atom stereocenters. The Balaban J connectivity index is 1.41. The summed E-state index contributed by atoms with van der Waals surface area (Å²) in [6.07, 6.45) is 1.48. The minimum Gasteiger partial charge on any atom is -0.449 e. The highest BCUT2D eigenvalue weighted by Crippen LogP contribution is 2.20. The Labute approximate surface area is 196 Å². The van der Waals surface area contributed by atoms with E-state index in [1.54, 1.807) is 24.3 Å². The number of nitrogens with zero attached hydrogens (tertiary/aromatic N) is 3. The lowest BCUT2D eigenvalue weighted by Gasteiger charge is -2.28. The lowest BCUT2D eigenvalue weighted by Crippen LogP contribution is -2.32. The van der Waals surface area contributed by atoms with E-state index >= 15 is 0 Å². The average molecular weight is 469 g/mol. The number of anilines is 1. The Bertz CT molecular complexity index is 1200. The van der Waals surface area contributed by atoms with Crippen molar-refractivity contribution in [1.82, 2.24) is 14.7 Å². The van der Waals surface area contributed by atoms with Crippen molar-refractivity contribution in [3.63, 3.8) is 0 Å². The summed E-state index contributed by atoms with van der Waals surface area (Å²) in [4.78, 5) is 26.8. The van der Waals surface area contributed by atoms with E-state index in [4.69, 9.17) is 4.74 Å². The number of nitrogens with one attached hydrogen (secondary N) is 1. The fourth-order valence-electron chi connectivity index (χ4n) is 3.91. The first-order valence-electron chi connectivity index (χ1n) is 11.1. The molecule has 4 rings (SSSR count). The van der Waals surface area contributed by atoms with E-state index in [0.717, 1.165) is 44.1 Å². The van der Waals surface area contributed by atoms with Gasteiger partial charge in [0.15, 0.2) is 0 Å². The number of ether oxygens (including phenoxy) is 1. The molecule has 1 aromatic heterocycles. The lowest BCUT2D eigenvalue weighted by molar-refractivity contribution is 0.113. The minimum absolute atomic E-state index is 0.116. The first-order chi connectivity index (χ1) is 16.4. The van der Waals surface area contributed by atoms with Crippen LogP contribution < -0.4 is 10.9 Å². The highest BCUT2D eigenvalue weighted by molar-refractivity contribution is 5.84. The maximum absolute atomic E-state index is 13.6. The summed E-state index contributed by atoms with van der Waals surface area (Å²) in [7, 11) is 2.08. The molecular weight excluding hydrogens is 442 g/mol. The Morgan fingerprint density at radius 1 is 1.09 bits per heavy atom. The first-order valence-corrected chi connectivity index (χ1v) is 11.1. The van der Waals surface area contributed by atoms with Gasteiger partial charge in [-0.3, -0.25) is 10.1 Å². The molecule has 0 saturated carbocycles. The Morgan fingerprint density at radius 2 is 1.82 bits per heavy atom. The van der Waals surface area contributed by atoms with E-state index in [0.29, 0.717) is 23.8 Å². The second-order valence-corrected chi connectivity index (χ2v) is 8.54. The van der Waals surface area contributed by atoms with Gasteiger partial charge in [0.05, 0.1) is 18.8 Å². The molecule has 1 fully saturated rings. The van der Waals surface area contributed by atoms with E-state index in [2.05, 4.69) is 22.4 Å². The van der Waals surface area contributed by atoms with Crippen molar-refractivity contribution in [1.29, 1.82) is 0 Å². The van der Waals surface area contributed by atoms with Crippen LogP contribution in [0.2, 0.25) is 0 Å². The van der Waals surface area contributed by atoms with E-state index in [9.17, 15) is 18.4 Å². The van der Waals surface area contributed by atoms with E-state index in [1.807, 2.05) is 0 Å². The molecule has 7 nitrogen and oxygen atoms in total. The van der Waals surface area contributed by atoms with Crippen LogP contribution >= 0.6 is 0 Å². The zero-order chi connectivity index (χ0) is 24.1. The highest BCUT2D eigenvalue weighted by Gasteiger charge is 2.18. The first kappa shape index (κ1) is 23.6. The molecule has 1 N–H and O–H groups in total. The third-order valence-electron chi connectivity index (χ3n) is 5.82. The topological polar surface area (TPSA) is 76.5 Å². The van der Waals surface area contributed by atoms with Gasteiger partial charge in [0.25, 0.3) is 5.56 Å². The van der Waals surface area contributed by atoms with Crippen molar-refractivity contribution >= 4 is 11.8 Å². The Morgan fingerprint density at radius 3 is 2.56 bits per heavy atom. The van der Waals surface area contributed by atoms with Gasteiger partial charge in [0, 0.05) is 23.4 Å². The predicted molar refractivity (Wildman–Crippen MR) is 125 cm³/mol. The fourth-order valence-corrected chi connectivity index (χ4v) is 3.91. The van der Waals surface area contributed by atoms with Gasteiger partial charge in [-0.15, -0.1) is 0 Å². The summed E-state index contributed by atoms with van der Waals surface area (Å²) < 4.78 is 33.8. The smallest absolute Gasteiger partial charge is 0.411 e. The molecular formula is C25H26F2N4O3. The van der Waals surface area contributed by atoms with Gasteiger partial charge in [0.2, 0.25) is 0 Å². The number of piperidine rings is 1. The number of rotatable bonds is 6. The molecule has 1 aliphatic rings. The van der Waals surface area contributed by atoms with Gasteiger partial charge in [0.1, 0.15) is 11.6 Å². The zero-order valence-electron chi connectivity index (χ0n) is 18.8. The number of halogens is 2. The van der Waals surface area contributed by atoms with Crippen LogP contribution in [0.5, 0.6) is 0 Å². The van der Waals surface area contributed by atoms with Gasteiger partial charge < -0.3 is 9.64 Å². The molecule has 34 heavy (non-hydrogen) atoms. The van der Waals surface area contributed by atoms with Crippen LogP contribution in [0.15, 0.2) is 59.4 Å². The third-order valence-corrected chi connectivity index (χ3v) is 5.82. The fraction of sp³-hybridized carbons (Fsp3) is 0.320. The molecule has 2 heterocycles. The van der Waals surface area contributed by atoms with E-state index in [-0.39, 0.29) is 23.4 Å². The standard InChI is InChI=1S/C25H26F2N4O3/c1-30-9-7-17(8-10-30)16-34-25(33)28-22-4-2-3-18(11-22)15-31-24(32)6-5-23(29-31)19-12-20(26)14-21(27)13-19/h2-6,11-14,17H,7-10,15-16H2,1H3,(H,28,33). The molecule has 0 aliphatic carbocycles. The van der Waals surface area contributed by atoms with Crippen molar-refractivity contribution < 1.29 is 18.3 Å². The molecule has 2 aromatic carbocycles. The molecule has 0 unspecified atom stereocenters. The predicted octanol–water partition coefficient (Wildman–Crippen LogP) is 4.13. The summed E-state index contributed by atoms with van der Waals surface area (Å²) in [6, 6.07) is 12.8. The SMILES string of the molecule is CN1CCC(COC(=O)Nc2cccc(Cn3nc(-c4cc(F)cc(F)c4)ccc3=O)c2)CC1. The maximum Gasteiger partial charge on any atom is 0.411 e. The highest BCUT2D eigenvalue weighted by atomic mass is 19.1. The third kappa shape index (κ3) is 6.26. The number of benzene rings is 2. The van der Waals surface area contributed by atoms with E-state index < -0.39 is 17.7 Å². The van der Waals surface area contributed by atoms with Crippen LogP contribution in [0.3, 0.4) is 0 Å². The normalized spacial score (nSPS) is 14.7. The lowest BCUT2D eigenvalue weighted by atomic mass is 9.98. The summed E-state index contributed by atoms with van der Waals surface area (Å²) in [5, 5.41) is 6.97. The van der Waals surface area contributed by atoms with Crippen molar-refractivity contribution in [3.05, 3.63) is 82.1 Å². The quantitative estimate of drug-likeness (QED) is 0.589. The molecule has 178 valence electrons. The van der Waals surface area contributed by atoms with Gasteiger partial charge in [-0.1, -0.05) is 12.1 Å². The summed E-state index contributed by atoms with van der Waals surface area (Å²) in [5.74, 6) is -1.09. The maximum atomic E-state index is 13.6. The second-order valence-electron chi connectivity index (χ2n) is 8.54. The number of hydrogen-bond acceptors (Lipinski definition) is 5. The van der Waals surface area contributed by atoms with Crippen molar-refractivity contribution in [3.8, 4) is 11.3 Å². The summed E-state index contributed by atoms with van der Waals surface area (Å²) in [5.41, 5.74) is 1.38. The molecule has 0 bridgehead atoms. The van der Waals surface area contributed by atoms with Crippen LogP contribution in [0.25, 0.3) is 11.3 Å². The largest absolute Gasteiger partial charge is 0.449 e. The van der Waals surface area contributed by atoms with Crippen molar-refractivity contribution in [2.75, 3.05) is 32.1 Å². The van der Waals surface area contributed by atoms with Crippen molar-refractivity contribution in [2.45, 2.75) is 19.4 Å². The van der Waals surface area contributed by atoms with Crippen LogP contribution in [0.1, 0.15) is 18.4 Å². The monoisotopic (exact) mass is 468 g/mol. The van der Waals surface area contributed by atoms with Crippen molar-refractivity contribution in [2.24, 2.45) is 5.92 Å². The minimum atomic E-state index is -0.726. The number of likely N-dealkylation sites (tertiary alicyclic amines) is 1. The van der Waals surface area contributed by atoms with Gasteiger partial charge >= 0.3 is 6.09 Å². The number of amides is 1. The van der Waals surface area contributed by atoms with E-state index in [1.165, 1.54) is 16.8 Å². The van der Waals surface area contributed by atoms with Crippen LogP contribution in [0.4, 0.5) is 19.3 Å². The average Bonchev–Trinajstić information content (AvgIpc) is 2.80. The molecule has 0 radical (unpaired) electrons. The second kappa shape index (κ2) is 10.6. The Kier molecular flexibility index (Phi) is 7.32. The number of carbonyl (C=O) groups is 1. The van der Waals surface area contributed by atoms with Crippen LogP contribution in [-0.4, -0.2) is 47.5 Å². The van der Waals surface area contributed by atoms with Gasteiger partial charge in [-0.05, 0) is 74.8 Å². The van der Waals surface area contributed by atoms with Gasteiger partial charge in [-0.2, -0.15) is 5.10 Å². The summed E-state index contributed by atoms with van der Waals surface area (Å²) >= 11 is 0. The summed E-state index contributed by atoms with van der Waals surface area (Å²) in [6.45, 7) is 2.50.